The van der Waals surface area contributed by atoms with Gasteiger partial charge in [0.25, 0.3) is 5.91 Å². The molecule has 2 fully saturated rings. The first-order valence-electron chi connectivity index (χ1n) is 14.9. The number of amides is 2. The molecule has 250 valence electrons. The van der Waals surface area contributed by atoms with Crippen molar-refractivity contribution in [3.8, 4) is 11.5 Å². The first-order valence-corrected chi connectivity index (χ1v) is 16.7. The highest BCUT2D eigenvalue weighted by Crippen LogP contribution is 2.38. The van der Waals surface area contributed by atoms with Crippen molar-refractivity contribution in [1.82, 2.24) is 14.8 Å². The van der Waals surface area contributed by atoms with E-state index in [0.717, 1.165) is 12.8 Å². The van der Waals surface area contributed by atoms with Crippen molar-refractivity contribution in [1.29, 1.82) is 0 Å². The summed E-state index contributed by atoms with van der Waals surface area (Å²) in [5.74, 6) is -0.369. The summed E-state index contributed by atoms with van der Waals surface area (Å²) < 4.78 is 43.0. The topological polar surface area (TPSA) is 98.3 Å². The Kier molecular flexibility index (Phi) is 11.5. The predicted octanol–water partition coefficient (Wildman–Crippen LogP) is 6.45. The lowest BCUT2D eigenvalue weighted by molar-refractivity contribution is -0.155. The van der Waals surface area contributed by atoms with Gasteiger partial charge in [0.15, 0.2) is 16.9 Å². The van der Waals surface area contributed by atoms with E-state index in [-0.39, 0.29) is 46.2 Å². The summed E-state index contributed by atoms with van der Waals surface area (Å²) in [6.45, 7) is -2.41. The van der Waals surface area contributed by atoms with Crippen LogP contribution in [0.25, 0.3) is 0 Å². The molecule has 2 amide bonds. The fourth-order valence-electron chi connectivity index (χ4n) is 5.04. The summed E-state index contributed by atoms with van der Waals surface area (Å²) in [7, 11) is 3.30. The minimum Gasteiger partial charge on any atom is -0.489 e. The Morgan fingerprint density at radius 2 is 1.81 bits per heavy atom. The van der Waals surface area contributed by atoms with Crippen LogP contribution in [0.5, 0.6) is 11.5 Å². The number of nitrogens with zero attached hydrogens (tertiary/aromatic N) is 3. The lowest BCUT2D eigenvalue weighted by Crippen LogP contribution is -2.41. The maximum absolute atomic E-state index is 13.8. The van der Waals surface area contributed by atoms with Gasteiger partial charge >= 0.3 is 12.6 Å². The van der Waals surface area contributed by atoms with Crippen molar-refractivity contribution in [3.63, 3.8) is 0 Å². The Balaban J connectivity index is 1.38. The largest absolute Gasteiger partial charge is 0.489 e. The van der Waals surface area contributed by atoms with Gasteiger partial charge in [-0.1, -0.05) is 41.4 Å². The third-order valence-electron chi connectivity index (χ3n) is 7.68. The van der Waals surface area contributed by atoms with Gasteiger partial charge in [0.05, 0.1) is 23.1 Å². The first-order chi connectivity index (χ1) is 22.5. The van der Waals surface area contributed by atoms with E-state index < -0.39 is 24.1 Å². The number of hydrogen-bond donors (Lipinski definition) is 0. The fourth-order valence-corrected chi connectivity index (χ4v) is 6.68. The van der Waals surface area contributed by atoms with Gasteiger partial charge in [-0.25, -0.2) is 4.79 Å². The third-order valence-corrected chi connectivity index (χ3v) is 9.51. The third kappa shape index (κ3) is 9.05. The zero-order valence-electron chi connectivity index (χ0n) is 25.7. The Labute approximate surface area is 285 Å². The molecule has 1 aliphatic carbocycles. The smallest absolute Gasteiger partial charge is 0.387 e. The number of alkyl halides is 2. The van der Waals surface area contributed by atoms with Gasteiger partial charge in [-0.2, -0.15) is 8.78 Å². The Morgan fingerprint density at radius 1 is 1.06 bits per heavy atom. The van der Waals surface area contributed by atoms with Crippen LogP contribution < -0.4 is 9.47 Å². The summed E-state index contributed by atoms with van der Waals surface area (Å²) >= 11 is 14.1. The van der Waals surface area contributed by atoms with Crippen LogP contribution in [-0.2, 0) is 27.2 Å². The van der Waals surface area contributed by atoms with Gasteiger partial charge in [0, 0.05) is 50.8 Å². The van der Waals surface area contributed by atoms with Crippen LogP contribution in [-0.4, -0.2) is 77.6 Å². The average molecular weight is 709 g/mol. The number of pyridine rings is 1. The number of carbonyl (C=O) groups is 3. The highest BCUT2D eigenvalue weighted by Gasteiger charge is 2.38. The van der Waals surface area contributed by atoms with E-state index in [9.17, 15) is 23.2 Å². The zero-order valence-corrected chi connectivity index (χ0v) is 28.0. The molecular weight excluding hydrogens is 675 g/mol. The highest BCUT2D eigenvalue weighted by molar-refractivity contribution is 8.00. The second kappa shape index (κ2) is 15.5. The van der Waals surface area contributed by atoms with Crippen molar-refractivity contribution in [2.45, 2.75) is 43.8 Å². The molecule has 9 nitrogen and oxygen atoms in total. The van der Waals surface area contributed by atoms with Crippen molar-refractivity contribution < 1.29 is 37.4 Å². The maximum Gasteiger partial charge on any atom is 0.387 e. The van der Waals surface area contributed by atoms with Crippen molar-refractivity contribution >= 4 is 52.7 Å². The SMILES string of the molecule is CN(C)C(=O)c1cccc(CC(=O)N2CCSC2C(=O)OC(Cc2c(Cl)cncc2Cl)c2ccc(OC(F)F)c(OCC3CC3)c2)c1. The maximum atomic E-state index is 13.8. The Morgan fingerprint density at radius 3 is 2.49 bits per heavy atom. The molecular formula is C33H33Cl2F2N3O6S. The molecule has 1 aromatic heterocycles. The van der Waals surface area contributed by atoms with Gasteiger partial charge in [-0.05, 0) is 59.7 Å². The predicted molar refractivity (Wildman–Crippen MR) is 174 cm³/mol. The highest BCUT2D eigenvalue weighted by atomic mass is 35.5. The van der Waals surface area contributed by atoms with E-state index in [0.29, 0.717) is 47.1 Å². The molecule has 47 heavy (non-hydrogen) atoms. The number of hydrogen-bond acceptors (Lipinski definition) is 8. The lowest BCUT2D eigenvalue weighted by Gasteiger charge is -2.26. The molecule has 2 unspecified atom stereocenters. The molecule has 1 aliphatic heterocycles. The van der Waals surface area contributed by atoms with Crippen LogP contribution in [0.15, 0.2) is 54.9 Å². The Hall–Kier alpha value is -3.61. The summed E-state index contributed by atoms with van der Waals surface area (Å²) in [5.41, 5.74) is 1.98. The second-order valence-corrected chi connectivity index (χ2v) is 13.4. The van der Waals surface area contributed by atoms with Gasteiger partial charge < -0.3 is 24.0 Å². The van der Waals surface area contributed by atoms with E-state index in [1.54, 1.807) is 38.4 Å². The minimum atomic E-state index is -3.06. The molecule has 0 N–H and O–H groups in total. The number of rotatable bonds is 13. The van der Waals surface area contributed by atoms with Crippen LogP contribution in [0.2, 0.25) is 10.0 Å². The Bertz CT molecular complexity index is 1610. The normalized spacial score (nSPS) is 16.6. The van der Waals surface area contributed by atoms with Crippen LogP contribution in [0.3, 0.4) is 0 Å². The van der Waals surface area contributed by atoms with Gasteiger partial charge in [0.1, 0.15) is 6.10 Å². The quantitative estimate of drug-likeness (QED) is 0.187. The van der Waals surface area contributed by atoms with Crippen molar-refractivity contribution in [2.75, 3.05) is 33.0 Å². The van der Waals surface area contributed by atoms with Gasteiger partial charge in [-0.15, -0.1) is 11.8 Å². The number of esters is 1. The molecule has 1 saturated carbocycles. The molecule has 2 aromatic carbocycles. The van der Waals surface area contributed by atoms with Crippen molar-refractivity contribution in [3.05, 3.63) is 87.2 Å². The molecule has 0 radical (unpaired) electrons. The van der Waals surface area contributed by atoms with Gasteiger partial charge in [-0.3, -0.25) is 14.6 Å². The fraction of sp³-hybridized carbons (Fsp3) is 0.394. The second-order valence-electron chi connectivity index (χ2n) is 11.4. The monoisotopic (exact) mass is 707 g/mol. The summed E-state index contributed by atoms with van der Waals surface area (Å²) in [5, 5.41) is -0.432. The van der Waals surface area contributed by atoms with E-state index in [4.69, 9.17) is 32.7 Å². The van der Waals surface area contributed by atoms with Crippen LogP contribution in [0.4, 0.5) is 8.78 Å². The molecule has 2 atom stereocenters. The van der Waals surface area contributed by atoms with Crippen molar-refractivity contribution in [2.24, 2.45) is 5.92 Å². The molecule has 1 saturated heterocycles. The number of halogens is 4. The van der Waals surface area contributed by atoms with E-state index >= 15 is 0 Å². The summed E-state index contributed by atoms with van der Waals surface area (Å²) in [4.78, 5) is 46.6. The molecule has 2 heterocycles. The lowest BCUT2D eigenvalue weighted by atomic mass is 10.0. The first kappa shape index (κ1) is 34.7. The molecule has 3 aromatic rings. The molecule has 2 aliphatic rings. The number of benzene rings is 2. The number of thioether (sulfide) groups is 1. The zero-order chi connectivity index (χ0) is 33.7. The van der Waals surface area contributed by atoms with Crippen LogP contribution in [0.1, 0.15) is 46.0 Å². The molecule has 0 spiro atoms. The van der Waals surface area contributed by atoms with Gasteiger partial charge in [0.2, 0.25) is 5.91 Å². The number of carbonyl (C=O) groups excluding carboxylic acids is 3. The molecule has 0 bridgehead atoms. The molecule has 5 rings (SSSR count). The van der Waals surface area contributed by atoms with Crippen LogP contribution >= 0.6 is 35.0 Å². The van der Waals surface area contributed by atoms with E-state index in [1.807, 2.05) is 0 Å². The summed E-state index contributed by atoms with van der Waals surface area (Å²) in [6.07, 6.45) is 3.82. The van der Waals surface area contributed by atoms with E-state index in [1.165, 1.54) is 52.2 Å². The number of aromatic nitrogens is 1. The van der Waals surface area contributed by atoms with Crippen LogP contribution in [0, 0.1) is 5.92 Å². The summed E-state index contributed by atoms with van der Waals surface area (Å²) in [6, 6.07) is 11.2. The standard InChI is InChI=1S/C33H33Cl2F2N3O6S/c1-39(2)30(42)22-5-3-4-20(12-22)13-29(41)40-10-11-47-31(40)32(43)45-27(15-23-24(34)16-38-17-25(23)35)21-8-9-26(46-33(36)37)28(14-21)44-18-19-6-7-19/h3-5,8-9,12,14,16-17,19,27,31,33H,6-7,10-11,13,15,18H2,1-2H3. The minimum absolute atomic E-state index is 0.0160. The average Bonchev–Trinajstić information content (AvgIpc) is 3.73. The van der Waals surface area contributed by atoms with E-state index in [2.05, 4.69) is 9.72 Å². The number of ether oxygens (including phenoxy) is 3. The molecule has 14 heteroatoms.